The number of rotatable bonds is 7. The average Bonchev–Trinajstić information content (AvgIpc) is 3.05. The zero-order valence-corrected chi connectivity index (χ0v) is 14.2. The van der Waals surface area contributed by atoms with Crippen molar-refractivity contribution in [1.82, 2.24) is 15.0 Å². The predicted octanol–water partition coefficient (Wildman–Crippen LogP) is 0.0958. The second-order valence-corrected chi connectivity index (χ2v) is 7.52. The molecule has 0 bridgehead atoms. The summed E-state index contributed by atoms with van der Waals surface area (Å²) in [5, 5.41) is 3.26. The molecule has 1 fully saturated rings. The van der Waals surface area contributed by atoms with Crippen molar-refractivity contribution in [1.29, 1.82) is 0 Å². The van der Waals surface area contributed by atoms with Crippen LogP contribution < -0.4 is 10.0 Å². The van der Waals surface area contributed by atoms with Gasteiger partial charge < -0.3 is 19.8 Å². The Bertz CT molecular complexity index is 629. The molecule has 0 aromatic carbocycles. The number of nitrogens with one attached hydrogen (secondary N) is 3. The molecule has 1 aromatic rings. The third kappa shape index (κ3) is 4.31. The number of ether oxygens (including phenoxy) is 2. The third-order valence-electron chi connectivity index (χ3n) is 4.12. The average molecular weight is 345 g/mol. The van der Waals surface area contributed by atoms with Crippen LogP contribution in [-0.2, 0) is 19.5 Å². The highest BCUT2D eigenvalue weighted by molar-refractivity contribution is 7.89. The standard InChI is InChI=1S/C14H23N3O5S/c1-21-10-14(3-5-15-6-4-14)9-17-23(19,20)11-7-12(16-8-11)13(18)22-2/h7-8,15-17H,3-6,9-10H2,1-2H3. The topological polar surface area (TPSA) is 110 Å². The monoisotopic (exact) mass is 345 g/mol. The van der Waals surface area contributed by atoms with Gasteiger partial charge in [-0.15, -0.1) is 0 Å². The molecule has 23 heavy (non-hydrogen) atoms. The van der Waals surface area contributed by atoms with E-state index in [2.05, 4.69) is 19.8 Å². The summed E-state index contributed by atoms with van der Waals surface area (Å²) in [5.74, 6) is -0.611. The molecule has 0 radical (unpaired) electrons. The highest BCUT2D eigenvalue weighted by Crippen LogP contribution is 2.28. The van der Waals surface area contributed by atoms with E-state index in [9.17, 15) is 13.2 Å². The molecule has 2 heterocycles. The summed E-state index contributed by atoms with van der Waals surface area (Å²) < 4.78 is 37.3. The number of hydrogen-bond donors (Lipinski definition) is 3. The maximum absolute atomic E-state index is 12.4. The molecule has 1 aromatic heterocycles. The van der Waals surface area contributed by atoms with E-state index in [1.54, 1.807) is 7.11 Å². The fourth-order valence-corrected chi connectivity index (χ4v) is 3.87. The lowest BCUT2D eigenvalue weighted by atomic mass is 9.80. The van der Waals surface area contributed by atoms with E-state index in [4.69, 9.17) is 4.74 Å². The van der Waals surface area contributed by atoms with Crippen LogP contribution in [0.2, 0.25) is 0 Å². The van der Waals surface area contributed by atoms with Gasteiger partial charge in [-0.05, 0) is 32.0 Å². The first-order valence-corrected chi connectivity index (χ1v) is 8.87. The first kappa shape index (κ1) is 17.9. The van der Waals surface area contributed by atoms with Crippen LogP contribution in [0.25, 0.3) is 0 Å². The van der Waals surface area contributed by atoms with Crippen LogP contribution in [0.15, 0.2) is 17.2 Å². The van der Waals surface area contributed by atoms with E-state index < -0.39 is 16.0 Å². The van der Waals surface area contributed by atoms with Crippen LogP contribution in [0.1, 0.15) is 23.3 Å². The zero-order valence-electron chi connectivity index (χ0n) is 13.3. The summed E-state index contributed by atoms with van der Waals surface area (Å²) in [6.45, 7) is 2.46. The zero-order chi connectivity index (χ0) is 16.9. The molecule has 0 atom stereocenters. The highest BCUT2D eigenvalue weighted by atomic mass is 32.2. The Balaban J connectivity index is 2.08. The highest BCUT2D eigenvalue weighted by Gasteiger charge is 2.33. The Morgan fingerprint density at radius 3 is 2.65 bits per heavy atom. The normalized spacial score (nSPS) is 17.8. The predicted molar refractivity (Wildman–Crippen MR) is 83.7 cm³/mol. The van der Waals surface area contributed by atoms with Crippen molar-refractivity contribution in [3.8, 4) is 0 Å². The number of methoxy groups -OCH3 is 2. The molecule has 1 aliphatic heterocycles. The van der Waals surface area contributed by atoms with E-state index in [1.165, 1.54) is 19.4 Å². The molecule has 0 saturated carbocycles. The molecule has 0 spiro atoms. The van der Waals surface area contributed by atoms with Gasteiger partial charge in [0.2, 0.25) is 10.0 Å². The van der Waals surface area contributed by atoms with Gasteiger partial charge in [0.15, 0.2) is 0 Å². The molecule has 0 amide bonds. The Labute approximate surface area is 136 Å². The van der Waals surface area contributed by atoms with Crippen LogP contribution >= 0.6 is 0 Å². The first-order chi connectivity index (χ1) is 10.9. The van der Waals surface area contributed by atoms with Gasteiger partial charge in [-0.25, -0.2) is 17.9 Å². The van der Waals surface area contributed by atoms with Crippen LogP contribution in [-0.4, -0.2) is 59.8 Å². The van der Waals surface area contributed by atoms with Crippen molar-refractivity contribution in [2.45, 2.75) is 17.7 Å². The van der Waals surface area contributed by atoms with E-state index in [-0.39, 0.29) is 16.0 Å². The van der Waals surface area contributed by atoms with E-state index in [0.717, 1.165) is 25.9 Å². The number of aromatic nitrogens is 1. The molecule has 9 heteroatoms. The molecule has 1 aliphatic rings. The van der Waals surface area contributed by atoms with Crippen molar-refractivity contribution < 1.29 is 22.7 Å². The van der Waals surface area contributed by atoms with E-state index >= 15 is 0 Å². The summed E-state index contributed by atoms with van der Waals surface area (Å²) in [7, 11) is -0.847. The summed E-state index contributed by atoms with van der Waals surface area (Å²) in [4.78, 5) is 14.0. The summed E-state index contributed by atoms with van der Waals surface area (Å²) >= 11 is 0. The molecular weight excluding hydrogens is 322 g/mol. The molecule has 3 N–H and O–H groups in total. The second kappa shape index (κ2) is 7.43. The summed E-state index contributed by atoms with van der Waals surface area (Å²) in [5.41, 5.74) is -0.115. The number of carbonyl (C=O) groups is 1. The van der Waals surface area contributed by atoms with Gasteiger partial charge in [0.1, 0.15) is 10.6 Å². The van der Waals surface area contributed by atoms with Gasteiger partial charge in [-0.3, -0.25) is 0 Å². The smallest absolute Gasteiger partial charge is 0.354 e. The van der Waals surface area contributed by atoms with E-state index in [0.29, 0.717) is 13.2 Å². The quantitative estimate of drug-likeness (QED) is 0.605. The van der Waals surface area contributed by atoms with Gasteiger partial charge in [0.25, 0.3) is 0 Å². The third-order valence-corrected chi connectivity index (χ3v) is 5.50. The SMILES string of the molecule is COCC1(CNS(=O)(=O)c2c[nH]c(C(=O)OC)c2)CCNCC1. The fraction of sp³-hybridized carbons (Fsp3) is 0.643. The molecule has 2 rings (SSSR count). The minimum atomic E-state index is -3.70. The Hall–Kier alpha value is -1.42. The Morgan fingerprint density at radius 1 is 1.35 bits per heavy atom. The molecule has 8 nitrogen and oxygen atoms in total. The molecule has 130 valence electrons. The van der Waals surface area contributed by atoms with Gasteiger partial charge in [-0.2, -0.15) is 0 Å². The lowest BCUT2D eigenvalue weighted by molar-refractivity contribution is 0.0577. The minimum Gasteiger partial charge on any atom is -0.464 e. The minimum absolute atomic E-state index is 0.0133. The lowest BCUT2D eigenvalue weighted by Crippen LogP contribution is -2.47. The number of carbonyl (C=O) groups excluding carboxylic acids is 1. The number of H-pyrrole nitrogens is 1. The number of esters is 1. The number of aromatic amines is 1. The van der Waals surface area contributed by atoms with Crippen LogP contribution in [0.4, 0.5) is 0 Å². The first-order valence-electron chi connectivity index (χ1n) is 7.38. The van der Waals surface area contributed by atoms with Crippen molar-refractivity contribution >= 4 is 16.0 Å². The molecular formula is C14H23N3O5S. The maximum atomic E-state index is 12.4. The Kier molecular flexibility index (Phi) is 5.79. The van der Waals surface area contributed by atoms with Crippen molar-refractivity contribution in [2.24, 2.45) is 5.41 Å². The molecule has 1 saturated heterocycles. The summed E-state index contributed by atoms with van der Waals surface area (Å²) in [6, 6.07) is 1.26. The lowest BCUT2D eigenvalue weighted by Gasteiger charge is -2.37. The van der Waals surface area contributed by atoms with Crippen LogP contribution in [0, 0.1) is 5.41 Å². The van der Waals surface area contributed by atoms with Crippen molar-refractivity contribution in [3.63, 3.8) is 0 Å². The maximum Gasteiger partial charge on any atom is 0.354 e. The van der Waals surface area contributed by atoms with Gasteiger partial charge in [0, 0.05) is 25.3 Å². The summed E-state index contributed by atoms with van der Waals surface area (Å²) in [6.07, 6.45) is 2.95. The second-order valence-electron chi connectivity index (χ2n) is 5.75. The van der Waals surface area contributed by atoms with Gasteiger partial charge >= 0.3 is 5.97 Å². The number of sulfonamides is 1. The van der Waals surface area contributed by atoms with Gasteiger partial charge in [0.05, 0.1) is 13.7 Å². The molecule has 0 unspecified atom stereocenters. The van der Waals surface area contributed by atoms with Gasteiger partial charge in [-0.1, -0.05) is 0 Å². The largest absolute Gasteiger partial charge is 0.464 e. The van der Waals surface area contributed by atoms with E-state index in [1.807, 2.05) is 0 Å². The van der Waals surface area contributed by atoms with Crippen LogP contribution in [0.5, 0.6) is 0 Å². The number of piperidine rings is 1. The number of hydrogen-bond acceptors (Lipinski definition) is 6. The fourth-order valence-electron chi connectivity index (χ4n) is 2.72. The van der Waals surface area contributed by atoms with Crippen LogP contribution in [0.3, 0.4) is 0 Å². The van der Waals surface area contributed by atoms with Crippen molar-refractivity contribution in [3.05, 3.63) is 18.0 Å². The van der Waals surface area contributed by atoms with Crippen molar-refractivity contribution in [2.75, 3.05) is 40.5 Å². The Morgan fingerprint density at radius 2 is 2.04 bits per heavy atom. The molecule has 0 aliphatic carbocycles.